The summed E-state index contributed by atoms with van der Waals surface area (Å²) in [6.07, 6.45) is 3.68. The summed E-state index contributed by atoms with van der Waals surface area (Å²) >= 11 is 0. The summed E-state index contributed by atoms with van der Waals surface area (Å²) in [6.45, 7) is 4.49. The van der Waals surface area contributed by atoms with Crippen molar-refractivity contribution in [1.29, 1.82) is 5.26 Å². The van der Waals surface area contributed by atoms with Crippen LogP contribution >= 0.6 is 0 Å². The van der Waals surface area contributed by atoms with Gasteiger partial charge in [-0.05, 0) is 19.8 Å². The van der Waals surface area contributed by atoms with Crippen molar-refractivity contribution in [1.82, 2.24) is 15.5 Å². The fraction of sp³-hybridized carbons (Fsp3) is 0.615. The third-order valence-corrected chi connectivity index (χ3v) is 2.88. The van der Waals surface area contributed by atoms with Gasteiger partial charge in [-0.1, -0.05) is 0 Å². The van der Waals surface area contributed by atoms with Crippen LogP contribution in [0.2, 0.25) is 0 Å². The zero-order valence-corrected chi connectivity index (χ0v) is 11.2. The van der Waals surface area contributed by atoms with Gasteiger partial charge >= 0.3 is 0 Å². The monoisotopic (exact) mass is 264 g/mol. The normalized spacial score (nSPS) is 15.3. The number of hydrogen-bond donors (Lipinski definition) is 2. The molecular formula is C13H20N4O2. The van der Waals surface area contributed by atoms with Gasteiger partial charge in [0.25, 0.3) is 5.91 Å². The van der Waals surface area contributed by atoms with E-state index in [1.54, 1.807) is 0 Å². The van der Waals surface area contributed by atoms with Gasteiger partial charge in [-0.2, -0.15) is 5.26 Å². The quantitative estimate of drug-likeness (QED) is 0.389. The number of carbonyl (C=O) groups is 2. The van der Waals surface area contributed by atoms with Crippen LogP contribution in [0.15, 0.2) is 11.8 Å². The lowest BCUT2D eigenvalue weighted by Crippen LogP contribution is -2.31. The highest BCUT2D eigenvalue weighted by Gasteiger charge is 2.19. The van der Waals surface area contributed by atoms with Gasteiger partial charge in [0.05, 0.1) is 0 Å². The van der Waals surface area contributed by atoms with Gasteiger partial charge in [0.2, 0.25) is 5.91 Å². The van der Waals surface area contributed by atoms with E-state index in [4.69, 9.17) is 5.26 Å². The average Bonchev–Trinajstić information content (AvgIpc) is 2.81. The number of likely N-dealkylation sites (tertiary alicyclic amines) is 1. The first-order chi connectivity index (χ1) is 9.19. The van der Waals surface area contributed by atoms with Crippen molar-refractivity contribution in [2.75, 3.05) is 26.2 Å². The van der Waals surface area contributed by atoms with Crippen LogP contribution in [0.25, 0.3) is 0 Å². The van der Waals surface area contributed by atoms with E-state index in [-0.39, 0.29) is 17.4 Å². The molecule has 1 fully saturated rings. The molecule has 1 heterocycles. The lowest BCUT2D eigenvalue weighted by Gasteiger charge is -2.15. The van der Waals surface area contributed by atoms with Crippen LogP contribution in [0.5, 0.6) is 0 Å². The highest BCUT2D eigenvalue weighted by Crippen LogP contribution is 2.09. The first-order valence-corrected chi connectivity index (χ1v) is 6.58. The number of nitrogens with one attached hydrogen (secondary N) is 2. The van der Waals surface area contributed by atoms with E-state index in [1.807, 2.05) is 17.9 Å². The van der Waals surface area contributed by atoms with E-state index in [0.717, 1.165) is 13.0 Å². The summed E-state index contributed by atoms with van der Waals surface area (Å²) in [5.41, 5.74) is 0.0686. The molecule has 19 heavy (non-hydrogen) atoms. The van der Waals surface area contributed by atoms with Crippen molar-refractivity contribution < 1.29 is 9.59 Å². The zero-order chi connectivity index (χ0) is 14.1. The van der Waals surface area contributed by atoms with Crippen LogP contribution in [0.1, 0.15) is 26.2 Å². The minimum Gasteiger partial charge on any atom is -0.390 e. The molecule has 104 valence electrons. The average molecular weight is 264 g/mol. The van der Waals surface area contributed by atoms with Crippen molar-refractivity contribution in [2.45, 2.75) is 26.2 Å². The molecule has 6 heteroatoms. The van der Waals surface area contributed by atoms with Crippen LogP contribution in [-0.4, -0.2) is 42.9 Å². The van der Waals surface area contributed by atoms with Crippen LogP contribution in [-0.2, 0) is 9.59 Å². The Hall–Kier alpha value is -2.03. The van der Waals surface area contributed by atoms with Crippen LogP contribution < -0.4 is 10.6 Å². The molecule has 0 atom stereocenters. The second kappa shape index (κ2) is 8.14. The number of nitrogens with zero attached hydrogens (tertiary/aromatic N) is 2. The third kappa shape index (κ3) is 5.00. The Balaban J connectivity index is 2.23. The maximum absolute atomic E-state index is 11.6. The van der Waals surface area contributed by atoms with E-state index in [0.29, 0.717) is 32.5 Å². The molecule has 0 aromatic rings. The maximum Gasteiger partial charge on any atom is 0.263 e. The molecule has 1 saturated heterocycles. The summed E-state index contributed by atoms with van der Waals surface area (Å²) in [6, 6.07) is 1.85. The number of amides is 2. The second-order valence-electron chi connectivity index (χ2n) is 4.32. The molecule has 0 saturated carbocycles. The molecule has 0 aliphatic carbocycles. The maximum atomic E-state index is 11.6. The van der Waals surface area contributed by atoms with Crippen molar-refractivity contribution in [3.05, 3.63) is 11.8 Å². The molecule has 6 nitrogen and oxygen atoms in total. The smallest absolute Gasteiger partial charge is 0.263 e. The van der Waals surface area contributed by atoms with Gasteiger partial charge < -0.3 is 15.5 Å². The number of hydrogen-bond acceptors (Lipinski definition) is 4. The van der Waals surface area contributed by atoms with E-state index < -0.39 is 0 Å². The van der Waals surface area contributed by atoms with Gasteiger partial charge in [-0.3, -0.25) is 9.59 Å². The Morgan fingerprint density at radius 1 is 1.58 bits per heavy atom. The number of rotatable bonds is 7. The van der Waals surface area contributed by atoms with Gasteiger partial charge in [0, 0.05) is 38.8 Å². The third-order valence-electron chi connectivity index (χ3n) is 2.88. The largest absolute Gasteiger partial charge is 0.390 e. The number of carbonyl (C=O) groups excluding carboxylic acids is 2. The molecule has 0 aromatic carbocycles. The highest BCUT2D eigenvalue weighted by atomic mass is 16.2. The van der Waals surface area contributed by atoms with E-state index in [2.05, 4.69) is 10.6 Å². The SMILES string of the molecule is CCN/C=C(/C#N)C(=O)NCCCN1CCCC1=O. The Bertz CT molecular complexity index is 398. The molecule has 0 bridgehead atoms. The highest BCUT2D eigenvalue weighted by molar-refractivity contribution is 5.97. The van der Waals surface area contributed by atoms with E-state index >= 15 is 0 Å². The van der Waals surface area contributed by atoms with Crippen molar-refractivity contribution in [2.24, 2.45) is 0 Å². The molecule has 0 aromatic heterocycles. The van der Waals surface area contributed by atoms with Crippen molar-refractivity contribution in [3.63, 3.8) is 0 Å². The van der Waals surface area contributed by atoms with Gasteiger partial charge in [0.1, 0.15) is 11.6 Å². The first-order valence-electron chi connectivity index (χ1n) is 6.58. The van der Waals surface area contributed by atoms with Gasteiger partial charge in [-0.15, -0.1) is 0 Å². The Morgan fingerprint density at radius 3 is 2.95 bits per heavy atom. The molecular weight excluding hydrogens is 244 g/mol. The minimum absolute atomic E-state index is 0.0686. The Kier molecular flexibility index (Phi) is 6.44. The topological polar surface area (TPSA) is 85.2 Å². The Labute approximate surface area is 113 Å². The van der Waals surface area contributed by atoms with Crippen LogP contribution in [0.4, 0.5) is 0 Å². The zero-order valence-electron chi connectivity index (χ0n) is 11.2. The minimum atomic E-state index is -0.379. The van der Waals surface area contributed by atoms with Crippen molar-refractivity contribution >= 4 is 11.8 Å². The van der Waals surface area contributed by atoms with Crippen molar-refractivity contribution in [3.8, 4) is 6.07 Å². The fourth-order valence-electron chi connectivity index (χ4n) is 1.86. The second-order valence-corrected chi connectivity index (χ2v) is 4.32. The molecule has 0 spiro atoms. The standard InChI is InChI=1S/C13H20N4O2/c1-2-15-10-11(9-14)13(19)16-6-4-8-17-7-3-5-12(17)18/h10,15H,2-8H2,1H3,(H,16,19)/b11-10-. The fourth-order valence-corrected chi connectivity index (χ4v) is 1.86. The number of nitriles is 1. The summed E-state index contributed by atoms with van der Waals surface area (Å²) in [4.78, 5) is 24.8. The predicted molar refractivity (Wildman–Crippen MR) is 70.8 cm³/mol. The molecule has 0 radical (unpaired) electrons. The molecule has 1 aliphatic rings. The van der Waals surface area contributed by atoms with Crippen LogP contribution in [0.3, 0.4) is 0 Å². The molecule has 1 aliphatic heterocycles. The lowest BCUT2D eigenvalue weighted by atomic mass is 10.3. The van der Waals surface area contributed by atoms with Gasteiger partial charge in [0.15, 0.2) is 0 Å². The summed E-state index contributed by atoms with van der Waals surface area (Å²) in [7, 11) is 0. The predicted octanol–water partition coefficient (Wildman–Crippen LogP) is 0.132. The first kappa shape index (κ1) is 15.0. The molecule has 2 N–H and O–H groups in total. The molecule has 1 rings (SSSR count). The summed E-state index contributed by atoms with van der Waals surface area (Å²) in [5, 5.41) is 14.3. The Morgan fingerprint density at radius 2 is 2.37 bits per heavy atom. The summed E-state index contributed by atoms with van der Waals surface area (Å²) in [5.74, 6) is -0.188. The van der Waals surface area contributed by atoms with Gasteiger partial charge in [-0.25, -0.2) is 0 Å². The molecule has 2 amide bonds. The van der Waals surface area contributed by atoms with E-state index in [1.165, 1.54) is 6.20 Å². The van der Waals surface area contributed by atoms with Crippen LogP contribution in [0, 0.1) is 11.3 Å². The molecule has 0 unspecified atom stereocenters. The summed E-state index contributed by atoms with van der Waals surface area (Å²) < 4.78 is 0. The van der Waals surface area contributed by atoms with E-state index in [9.17, 15) is 9.59 Å². The lowest BCUT2D eigenvalue weighted by molar-refractivity contribution is -0.127.